The van der Waals surface area contributed by atoms with Crippen LogP contribution in [0.15, 0.2) is 22.9 Å². The minimum Gasteiger partial charge on any atom is -0.381 e. The smallest absolute Gasteiger partial charge is 0.0564 e. The largest absolute Gasteiger partial charge is 0.381 e. The van der Waals surface area contributed by atoms with Crippen LogP contribution in [0.4, 0.5) is 5.69 Å². The molecule has 3 nitrogen and oxygen atoms in total. The molecule has 2 rings (SSSR count). The fourth-order valence-electron chi connectivity index (χ4n) is 2.29. The Bertz CT molecular complexity index is 359. The van der Waals surface area contributed by atoms with Gasteiger partial charge in [-0.05, 0) is 47.7 Å². The van der Waals surface area contributed by atoms with Gasteiger partial charge >= 0.3 is 0 Å². The van der Waals surface area contributed by atoms with Crippen molar-refractivity contribution >= 4 is 21.6 Å². The van der Waals surface area contributed by atoms with Gasteiger partial charge in [0.15, 0.2) is 0 Å². The minimum absolute atomic E-state index is 0.655. The fourth-order valence-corrected chi connectivity index (χ4v) is 2.65. The van der Waals surface area contributed by atoms with Crippen LogP contribution in [0, 0.1) is 5.92 Å². The topological polar surface area (TPSA) is 25.4 Å². The van der Waals surface area contributed by atoms with Gasteiger partial charge in [0.1, 0.15) is 0 Å². The average Bonchev–Trinajstić information content (AvgIpc) is 2.37. The Morgan fingerprint density at radius 2 is 2.41 bits per heavy atom. The third-order valence-corrected chi connectivity index (χ3v) is 3.57. The summed E-state index contributed by atoms with van der Waals surface area (Å²) in [6.07, 6.45) is 6.28. The molecule has 4 heteroatoms. The van der Waals surface area contributed by atoms with Crippen molar-refractivity contribution in [2.45, 2.75) is 19.8 Å². The van der Waals surface area contributed by atoms with Crippen molar-refractivity contribution in [2.75, 3.05) is 31.2 Å². The van der Waals surface area contributed by atoms with E-state index in [-0.39, 0.29) is 0 Å². The van der Waals surface area contributed by atoms with Gasteiger partial charge in [0.05, 0.1) is 18.5 Å². The van der Waals surface area contributed by atoms with E-state index in [4.69, 9.17) is 4.74 Å². The predicted octanol–water partition coefficient (Wildman–Crippen LogP) is 3.10. The Morgan fingerprint density at radius 1 is 1.53 bits per heavy atom. The summed E-state index contributed by atoms with van der Waals surface area (Å²) in [5.41, 5.74) is 1.21. The normalized spacial score (nSPS) is 20.6. The molecule has 1 saturated heterocycles. The van der Waals surface area contributed by atoms with E-state index in [1.807, 2.05) is 12.4 Å². The summed E-state index contributed by atoms with van der Waals surface area (Å²) in [4.78, 5) is 6.63. The van der Waals surface area contributed by atoms with E-state index < -0.39 is 0 Å². The number of hydrogen-bond donors (Lipinski definition) is 0. The first kappa shape index (κ1) is 12.8. The van der Waals surface area contributed by atoms with Crippen LogP contribution in [-0.4, -0.2) is 31.3 Å². The van der Waals surface area contributed by atoms with Gasteiger partial charge in [0.2, 0.25) is 0 Å². The molecule has 0 N–H and O–H groups in total. The number of hydrogen-bond acceptors (Lipinski definition) is 3. The molecule has 0 saturated carbocycles. The number of ether oxygens (including phenoxy) is 1. The van der Waals surface area contributed by atoms with Crippen LogP contribution in [0.25, 0.3) is 0 Å². The molecule has 0 bridgehead atoms. The third-order valence-electron chi connectivity index (χ3n) is 3.13. The van der Waals surface area contributed by atoms with Crippen LogP contribution in [-0.2, 0) is 4.74 Å². The fraction of sp³-hybridized carbons (Fsp3) is 0.615. The van der Waals surface area contributed by atoms with Crippen molar-refractivity contribution in [1.29, 1.82) is 0 Å². The lowest BCUT2D eigenvalue weighted by Gasteiger charge is -2.34. The van der Waals surface area contributed by atoms with Gasteiger partial charge in [0, 0.05) is 30.4 Å². The molecular formula is C13H19BrN2O. The number of piperidine rings is 1. The monoisotopic (exact) mass is 298 g/mol. The van der Waals surface area contributed by atoms with Crippen LogP contribution < -0.4 is 4.90 Å². The maximum absolute atomic E-state index is 5.53. The first-order chi connectivity index (χ1) is 8.29. The summed E-state index contributed by atoms with van der Waals surface area (Å²) in [5.74, 6) is 0.655. The van der Waals surface area contributed by atoms with Gasteiger partial charge < -0.3 is 9.64 Å². The summed E-state index contributed by atoms with van der Waals surface area (Å²) in [6, 6.07) is 2.13. The van der Waals surface area contributed by atoms with Gasteiger partial charge in [-0.2, -0.15) is 0 Å². The molecule has 1 aromatic rings. The molecule has 1 fully saturated rings. The Balaban J connectivity index is 1.97. The molecule has 1 unspecified atom stereocenters. The van der Waals surface area contributed by atoms with Crippen molar-refractivity contribution in [1.82, 2.24) is 4.98 Å². The number of aromatic nitrogens is 1. The molecule has 0 aromatic carbocycles. The summed E-state index contributed by atoms with van der Waals surface area (Å²) in [6.45, 7) is 5.96. The van der Waals surface area contributed by atoms with Crippen molar-refractivity contribution < 1.29 is 4.74 Å². The molecule has 1 atom stereocenters. The highest BCUT2D eigenvalue weighted by atomic mass is 79.9. The molecule has 1 aromatic heterocycles. The van der Waals surface area contributed by atoms with E-state index in [1.165, 1.54) is 18.5 Å². The standard InChI is InChI=1S/C13H19BrN2O/c1-2-17-10-11-4-3-5-16(9-11)13-6-12(14)7-15-8-13/h6-8,11H,2-5,9-10H2,1H3. The van der Waals surface area contributed by atoms with Crippen molar-refractivity contribution in [3.05, 3.63) is 22.9 Å². The van der Waals surface area contributed by atoms with Crippen LogP contribution in [0.5, 0.6) is 0 Å². The van der Waals surface area contributed by atoms with Crippen molar-refractivity contribution in [3.8, 4) is 0 Å². The van der Waals surface area contributed by atoms with Gasteiger partial charge in [-0.3, -0.25) is 4.98 Å². The number of nitrogens with zero attached hydrogens (tertiary/aromatic N) is 2. The molecule has 1 aliphatic heterocycles. The zero-order valence-electron chi connectivity index (χ0n) is 10.2. The maximum atomic E-state index is 5.53. The molecular weight excluding hydrogens is 280 g/mol. The minimum atomic E-state index is 0.655. The van der Waals surface area contributed by atoms with Crippen molar-refractivity contribution in [2.24, 2.45) is 5.92 Å². The summed E-state index contributed by atoms with van der Waals surface area (Å²) < 4.78 is 6.57. The van der Waals surface area contributed by atoms with Gasteiger partial charge in [-0.25, -0.2) is 0 Å². The lowest BCUT2D eigenvalue weighted by molar-refractivity contribution is 0.104. The van der Waals surface area contributed by atoms with E-state index in [9.17, 15) is 0 Å². The highest BCUT2D eigenvalue weighted by molar-refractivity contribution is 9.10. The Labute approximate surface area is 111 Å². The lowest BCUT2D eigenvalue weighted by Crippen LogP contribution is -2.37. The Kier molecular flexibility index (Phi) is 4.80. The SMILES string of the molecule is CCOCC1CCCN(c2cncc(Br)c2)C1. The van der Waals surface area contributed by atoms with E-state index in [1.54, 1.807) is 0 Å². The third kappa shape index (κ3) is 3.68. The van der Waals surface area contributed by atoms with Crippen LogP contribution in [0.3, 0.4) is 0 Å². The predicted molar refractivity (Wildman–Crippen MR) is 73.4 cm³/mol. The van der Waals surface area contributed by atoms with Crippen LogP contribution in [0.1, 0.15) is 19.8 Å². The second-order valence-corrected chi connectivity index (χ2v) is 5.39. The number of rotatable bonds is 4. The molecule has 0 radical (unpaired) electrons. The highest BCUT2D eigenvalue weighted by Crippen LogP contribution is 2.24. The zero-order chi connectivity index (χ0) is 12.1. The summed E-state index contributed by atoms with van der Waals surface area (Å²) in [7, 11) is 0. The molecule has 0 aliphatic carbocycles. The van der Waals surface area contributed by atoms with Crippen LogP contribution in [0.2, 0.25) is 0 Å². The first-order valence-electron chi connectivity index (χ1n) is 6.23. The Hall–Kier alpha value is -0.610. The van der Waals surface area contributed by atoms with E-state index in [0.29, 0.717) is 5.92 Å². The average molecular weight is 299 g/mol. The first-order valence-corrected chi connectivity index (χ1v) is 7.02. The molecule has 2 heterocycles. The number of pyridine rings is 1. The molecule has 0 spiro atoms. The quantitative estimate of drug-likeness (QED) is 0.854. The van der Waals surface area contributed by atoms with E-state index in [0.717, 1.165) is 30.8 Å². The molecule has 0 amide bonds. The van der Waals surface area contributed by atoms with Gasteiger partial charge in [-0.15, -0.1) is 0 Å². The Morgan fingerprint density at radius 3 is 3.18 bits per heavy atom. The second-order valence-electron chi connectivity index (χ2n) is 4.48. The summed E-state index contributed by atoms with van der Waals surface area (Å²) in [5, 5.41) is 0. The van der Waals surface area contributed by atoms with Crippen molar-refractivity contribution in [3.63, 3.8) is 0 Å². The highest BCUT2D eigenvalue weighted by Gasteiger charge is 2.20. The molecule has 1 aliphatic rings. The molecule has 17 heavy (non-hydrogen) atoms. The summed E-state index contributed by atoms with van der Waals surface area (Å²) >= 11 is 3.47. The number of anilines is 1. The van der Waals surface area contributed by atoms with Crippen LogP contribution >= 0.6 is 15.9 Å². The molecule has 94 valence electrons. The van der Waals surface area contributed by atoms with E-state index in [2.05, 4.69) is 38.8 Å². The van der Waals surface area contributed by atoms with Gasteiger partial charge in [0.25, 0.3) is 0 Å². The lowest BCUT2D eigenvalue weighted by atomic mass is 9.98. The number of halogens is 1. The van der Waals surface area contributed by atoms with Gasteiger partial charge in [-0.1, -0.05) is 0 Å². The zero-order valence-corrected chi connectivity index (χ0v) is 11.8. The second kappa shape index (κ2) is 6.36. The van der Waals surface area contributed by atoms with E-state index >= 15 is 0 Å². The maximum Gasteiger partial charge on any atom is 0.0564 e.